The predicted octanol–water partition coefficient (Wildman–Crippen LogP) is 1.74. The van der Waals surface area contributed by atoms with Gasteiger partial charge in [-0.2, -0.15) is 0 Å². The first-order valence-corrected chi connectivity index (χ1v) is 5.46. The highest BCUT2D eigenvalue weighted by molar-refractivity contribution is 5.77. The second-order valence-electron chi connectivity index (χ2n) is 3.90. The molecule has 0 saturated carbocycles. The molecule has 0 spiro atoms. The molecule has 0 aromatic carbocycles. The van der Waals surface area contributed by atoms with Crippen molar-refractivity contribution in [2.75, 3.05) is 6.54 Å². The molecule has 0 fully saturated rings. The highest BCUT2D eigenvalue weighted by Crippen LogP contribution is 2.09. The smallest absolute Gasteiger partial charge is 0.308 e. The highest BCUT2D eigenvalue weighted by atomic mass is 16.4. The average Bonchev–Trinajstić information content (AvgIpc) is 2.23. The maximum Gasteiger partial charge on any atom is 0.308 e. The predicted molar refractivity (Wildman–Crippen MR) is 58.6 cm³/mol. The lowest BCUT2D eigenvalue weighted by Gasteiger charge is -2.29. The van der Waals surface area contributed by atoms with Gasteiger partial charge in [0.05, 0.1) is 5.92 Å². The van der Waals surface area contributed by atoms with Crippen LogP contribution in [-0.2, 0) is 9.59 Å². The first-order valence-electron chi connectivity index (χ1n) is 5.46. The van der Waals surface area contributed by atoms with Gasteiger partial charge in [0.2, 0.25) is 5.91 Å². The minimum absolute atomic E-state index is 0.0254. The van der Waals surface area contributed by atoms with E-state index >= 15 is 0 Å². The Labute approximate surface area is 91.3 Å². The fourth-order valence-electron chi connectivity index (χ4n) is 1.32. The van der Waals surface area contributed by atoms with Crippen LogP contribution in [0, 0.1) is 5.92 Å². The first-order chi connectivity index (χ1) is 6.93. The minimum Gasteiger partial charge on any atom is -0.481 e. The van der Waals surface area contributed by atoms with Crippen LogP contribution in [0.3, 0.4) is 0 Å². The Hall–Kier alpha value is -1.06. The number of carboxylic acids is 1. The van der Waals surface area contributed by atoms with Gasteiger partial charge in [0.15, 0.2) is 0 Å². The van der Waals surface area contributed by atoms with E-state index in [0.29, 0.717) is 13.0 Å². The number of rotatable bonds is 6. The van der Waals surface area contributed by atoms with E-state index in [4.69, 9.17) is 5.11 Å². The molecule has 4 nitrogen and oxygen atoms in total. The van der Waals surface area contributed by atoms with Gasteiger partial charge in [-0.15, -0.1) is 0 Å². The van der Waals surface area contributed by atoms with Crippen molar-refractivity contribution in [3.05, 3.63) is 0 Å². The van der Waals surface area contributed by atoms with Gasteiger partial charge < -0.3 is 10.0 Å². The molecule has 0 saturated heterocycles. The lowest BCUT2D eigenvalue weighted by Crippen LogP contribution is -2.42. The van der Waals surface area contributed by atoms with Crippen LogP contribution < -0.4 is 0 Å². The van der Waals surface area contributed by atoms with Gasteiger partial charge in [0.1, 0.15) is 0 Å². The SMILES string of the molecule is CCC(=O)N(CC(C)C(=O)O)C(C)CC. The molecule has 2 atom stereocenters. The molecule has 2 unspecified atom stereocenters. The summed E-state index contributed by atoms with van der Waals surface area (Å²) in [5, 5.41) is 8.80. The number of aliphatic carboxylic acids is 1. The zero-order valence-electron chi connectivity index (χ0n) is 9.99. The third kappa shape index (κ3) is 4.32. The van der Waals surface area contributed by atoms with E-state index in [9.17, 15) is 9.59 Å². The fourth-order valence-corrected chi connectivity index (χ4v) is 1.32. The topological polar surface area (TPSA) is 57.6 Å². The summed E-state index contributed by atoms with van der Waals surface area (Å²) in [6, 6.07) is 0.110. The third-order valence-corrected chi connectivity index (χ3v) is 2.64. The molecule has 0 aliphatic carbocycles. The van der Waals surface area contributed by atoms with E-state index in [1.165, 1.54) is 0 Å². The monoisotopic (exact) mass is 215 g/mol. The second kappa shape index (κ2) is 6.43. The first kappa shape index (κ1) is 13.9. The molecule has 0 aliphatic heterocycles. The zero-order chi connectivity index (χ0) is 12.0. The molecule has 0 bridgehead atoms. The molecule has 88 valence electrons. The summed E-state index contributed by atoms with van der Waals surface area (Å²) in [4.78, 5) is 24.0. The molecule has 0 rings (SSSR count). The fraction of sp³-hybridized carbons (Fsp3) is 0.818. The van der Waals surface area contributed by atoms with Gasteiger partial charge in [-0.25, -0.2) is 0 Å². The van der Waals surface area contributed by atoms with Crippen LogP contribution in [0.4, 0.5) is 0 Å². The Morgan fingerprint density at radius 2 is 1.80 bits per heavy atom. The van der Waals surface area contributed by atoms with Gasteiger partial charge in [-0.05, 0) is 13.3 Å². The quantitative estimate of drug-likeness (QED) is 0.734. The average molecular weight is 215 g/mol. The molecule has 15 heavy (non-hydrogen) atoms. The summed E-state index contributed by atoms with van der Waals surface area (Å²) in [7, 11) is 0. The van der Waals surface area contributed by atoms with Crippen molar-refractivity contribution in [1.82, 2.24) is 4.90 Å². The Balaban J connectivity index is 4.50. The third-order valence-electron chi connectivity index (χ3n) is 2.64. The van der Waals surface area contributed by atoms with Crippen LogP contribution in [0.2, 0.25) is 0 Å². The molecule has 1 amide bonds. The number of hydrogen-bond acceptors (Lipinski definition) is 2. The molecule has 0 radical (unpaired) electrons. The lowest BCUT2D eigenvalue weighted by atomic mass is 10.1. The van der Waals surface area contributed by atoms with Crippen molar-refractivity contribution in [3.8, 4) is 0 Å². The maximum atomic E-state index is 11.6. The van der Waals surface area contributed by atoms with Crippen LogP contribution in [0.5, 0.6) is 0 Å². The number of carbonyl (C=O) groups excluding carboxylic acids is 1. The molecule has 0 aromatic heterocycles. The summed E-state index contributed by atoms with van der Waals surface area (Å²) in [5.74, 6) is -1.33. The van der Waals surface area contributed by atoms with Gasteiger partial charge >= 0.3 is 5.97 Å². The second-order valence-corrected chi connectivity index (χ2v) is 3.90. The van der Waals surface area contributed by atoms with Crippen LogP contribution in [0.1, 0.15) is 40.5 Å². The summed E-state index contributed by atoms with van der Waals surface area (Å²) >= 11 is 0. The van der Waals surface area contributed by atoms with E-state index < -0.39 is 11.9 Å². The Morgan fingerprint density at radius 1 is 1.27 bits per heavy atom. The number of nitrogens with zero attached hydrogens (tertiary/aromatic N) is 1. The van der Waals surface area contributed by atoms with E-state index in [1.807, 2.05) is 13.8 Å². The molecule has 1 N–H and O–H groups in total. The summed E-state index contributed by atoms with van der Waals surface area (Å²) < 4.78 is 0. The van der Waals surface area contributed by atoms with E-state index in [-0.39, 0.29) is 11.9 Å². The van der Waals surface area contributed by atoms with Crippen molar-refractivity contribution in [1.29, 1.82) is 0 Å². The number of carbonyl (C=O) groups is 2. The molecular weight excluding hydrogens is 194 g/mol. The van der Waals surface area contributed by atoms with Gasteiger partial charge in [-0.1, -0.05) is 20.8 Å². The lowest BCUT2D eigenvalue weighted by molar-refractivity contribution is -0.143. The van der Waals surface area contributed by atoms with Crippen molar-refractivity contribution in [3.63, 3.8) is 0 Å². The number of amides is 1. The van der Waals surface area contributed by atoms with Crippen LogP contribution in [0.25, 0.3) is 0 Å². The van der Waals surface area contributed by atoms with Crippen LogP contribution >= 0.6 is 0 Å². The molecule has 0 heterocycles. The molecule has 0 aliphatic rings. The van der Waals surface area contributed by atoms with E-state index in [2.05, 4.69) is 0 Å². The minimum atomic E-state index is -0.854. The Morgan fingerprint density at radius 3 is 2.13 bits per heavy atom. The van der Waals surface area contributed by atoms with Crippen molar-refractivity contribution < 1.29 is 14.7 Å². The highest BCUT2D eigenvalue weighted by Gasteiger charge is 2.22. The van der Waals surface area contributed by atoms with Gasteiger partial charge in [0, 0.05) is 19.0 Å². The normalized spacial score (nSPS) is 14.4. The molecular formula is C11H21NO3. The van der Waals surface area contributed by atoms with Gasteiger partial charge in [0.25, 0.3) is 0 Å². The standard InChI is InChI=1S/C11H21NO3/c1-5-9(4)12(10(13)6-2)7-8(3)11(14)15/h8-9H,5-7H2,1-4H3,(H,14,15). The number of carboxylic acid groups (broad SMARTS) is 1. The van der Waals surface area contributed by atoms with E-state index in [1.54, 1.807) is 18.7 Å². The zero-order valence-corrected chi connectivity index (χ0v) is 9.99. The summed E-state index contributed by atoms with van der Waals surface area (Å²) in [6.07, 6.45) is 1.27. The van der Waals surface area contributed by atoms with E-state index in [0.717, 1.165) is 6.42 Å². The van der Waals surface area contributed by atoms with Crippen LogP contribution in [-0.4, -0.2) is 34.5 Å². The van der Waals surface area contributed by atoms with Crippen LogP contribution in [0.15, 0.2) is 0 Å². The number of hydrogen-bond donors (Lipinski definition) is 1. The van der Waals surface area contributed by atoms with Crippen molar-refractivity contribution in [2.24, 2.45) is 5.92 Å². The Kier molecular flexibility index (Phi) is 5.97. The van der Waals surface area contributed by atoms with Crippen molar-refractivity contribution in [2.45, 2.75) is 46.6 Å². The molecule has 0 aromatic rings. The van der Waals surface area contributed by atoms with Crippen molar-refractivity contribution >= 4 is 11.9 Å². The van der Waals surface area contributed by atoms with Gasteiger partial charge in [-0.3, -0.25) is 9.59 Å². The summed E-state index contributed by atoms with van der Waals surface area (Å²) in [6.45, 7) is 7.66. The molecule has 4 heteroatoms. The largest absolute Gasteiger partial charge is 0.481 e. The maximum absolute atomic E-state index is 11.6. The summed E-state index contributed by atoms with van der Waals surface area (Å²) in [5.41, 5.74) is 0. The Bertz CT molecular complexity index is 228.